The monoisotopic (exact) mass is 282 g/mol. The predicted molar refractivity (Wildman–Crippen MR) is 71.4 cm³/mol. The smallest absolute Gasteiger partial charge is 0.320 e. The Balaban J connectivity index is 1.71. The number of morpholine rings is 1. The number of urea groups is 1. The maximum absolute atomic E-state index is 12.7. The van der Waals surface area contributed by atoms with Crippen molar-refractivity contribution >= 4 is 12.0 Å². The minimum Gasteiger partial charge on any atom is -0.481 e. The van der Waals surface area contributed by atoms with Gasteiger partial charge in [0, 0.05) is 19.1 Å². The maximum Gasteiger partial charge on any atom is 0.320 e. The molecule has 2 amide bonds. The molecule has 3 aliphatic rings. The third-order valence-corrected chi connectivity index (χ3v) is 5.05. The lowest BCUT2D eigenvalue weighted by atomic mass is 10.0. The zero-order chi connectivity index (χ0) is 14.3. The molecule has 0 radical (unpaired) electrons. The third-order valence-electron chi connectivity index (χ3n) is 5.05. The molecule has 112 valence electrons. The fraction of sp³-hybridized carbons (Fsp3) is 0.857. The van der Waals surface area contributed by atoms with Crippen molar-refractivity contribution < 1.29 is 19.4 Å². The number of amides is 2. The van der Waals surface area contributed by atoms with Crippen LogP contribution < -0.4 is 0 Å². The highest BCUT2D eigenvalue weighted by molar-refractivity contribution is 5.78. The molecule has 2 aliphatic heterocycles. The van der Waals surface area contributed by atoms with Gasteiger partial charge < -0.3 is 19.6 Å². The van der Waals surface area contributed by atoms with Gasteiger partial charge in [0.25, 0.3) is 0 Å². The van der Waals surface area contributed by atoms with Crippen LogP contribution in [0.4, 0.5) is 4.79 Å². The number of carboxylic acids is 1. The van der Waals surface area contributed by atoms with Crippen LogP contribution in [0.1, 0.15) is 32.6 Å². The van der Waals surface area contributed by atoms with E-state index in [2.05, 4.69) is 0 Å². The first-order valence-electron chi connectivity index (χ1n) is 7.51. The SMILES string of the molecule is CC1C(C(=O)O)CCN1C(=O)N1CCOC2CCCC21. The van der Waals surface area contributed by atoms with Gasteiger partial charge >= 0.3 is 12.0 Å². The summed E-state index contributed by atoms with van der Waals surface area (Å²) in [4.78, 5) is 27.5. The van der Waals surface area contributed by atoms with Gasteiger partial charge in [0.1, 0.15) is 0 Å². The Morgan fingerprint density at radius 1 is 1.15 bits per heavy atom. The highest BCUT2D eigenvalue weighted by Crippen LogP contribution is 2.32. The maximum atomic E-state index is 12.7. The second kappa shape index (κ2) is 5.24. The summed E-state index contributed by atoms with van der Waals surface area (Å²) in [7, 11) is 0. The van der Waals surface area contributed by atoms with Gasteiger partial charge in [-0.2, -0.15) is 0 Å². The largest absolute Gasteiger partial charge is 0.481 e. The van der Waals surface area contributed by atoms with Gasteiger partial charge in [-0.1, -0.05) is 0 Å². The van der Waals surface area contributed by atoms with Gasteiger partial charge in [-0.3, -0.25) is 4.79 Å². The van der Waals surface area contributed by atoms with Crippen LogP contribution in [0.3, 0.4) is 0 Å². The number of carboxylic acid groups (broad SMARTS) is 1. The molecular formula is C14H22N2O4. The van der Waals surface area contributed by atoms with E-state index in [0.717, 1.165) is 19.3 Å². The summed E-state index contributed by atoms with van der Waals surface area (Å²) in [6, 6.07) is -0.0310. The number of ether oxygens (including phenoxy) is 1. The van der Waals surface area contributed by atoms with Crippen LogP contribution in [0.15, 0.2) is 0 Å². The number of fused-ring (bicyclic) bond motifs is 1. The van der Waals surface area contributed by atoms with Crippen LogP contribution >= 0.6 is 0 Å². The molecule has 4 unspecified atom stereocenters. The van der Waals surface area contributed by atoms with E-state index in [1.807, 2.05) is 11.8 Å². The lowest BCUT2D eigenvalue weighted by Gasteiger charge is -2.40. The van der Waals surface area contributed by atoms with Crippen molar-refractivity contribution in [3.63, 3.8) is 0 Å². The first-order valence-corrected chi connectivity index (χ1v) is 7.51. The van der Waals surface area contributed by atoms with Crippen LogP contribution in [0.25, 0.3) is 0 Å². The van der Waals surface area contributed by atoms with Gasteiger partial charge in [0.05, 0.1) is 24.7 Å². The highest BCUT2D eigenvalue weighted by atomic mass is 16.5. The Bertz CT molecular complexity index is 414. The molecular weight excluding hydrogens is 260 g/mol. The lowest BCUT2D eigenvalue weighted by molar-refractivity contribution is -0.142. The molecule has 0 aromatic carbocycles. The van der Waals surface area contributed by atoms with Crippen molar-refractivity contribution in [3.8, 4) is 0 Å². The van der Waals surface area contributed by atoms with E-state index >= 15 is 0 Å². The first kappa shape index (κ1) is 13.7. The predicted octanol–water partition coefficient (Wildman–Crippen LogP) is 1.15. The van der Waals surface area contributed by atoms with E-state index in [-0.39, 0.29) is 24.2 Å². The van der Waals surface area contributed by atoms with E-state index in [9.17, 15) is 14.7 Å². The van der Waals surface area contributed by atoms with E-state index in [4.69, 9.17) is 4.74 Å². The van der Waals surface area contributed by atoms with Gasteiger partial charge in [-0.25, -0.2) is 4.79 Å². The third kappa shape index (κ3) is 2.16. The Morgan fingerprint density at radius 3 is 2.65 bits per heavy atom. The Hall–Kier alpha value is -1.30. The van der Waals surface area contributed by atoms with Gasteiger partial charge in [-0.05, 0) is 32.6 Å². The summed E-state index contributed by atoms with van der Waals surface area (Å²) in [6.45, 7) is 3.61. The number of carbonyl (C=O) groups excluding carboxylic acids is 1. The van der Waals surface area contributed by atoms with Crippen molar-refractivity contribution in [3.05, 3.63) is 0 Å². The van der Waals surface area contributed by atoms with Crippen molar-refractivity contribution in [1.82, 2.24) is 9.80 Å². The summed E-state index contributed by atoms with van der Waals surface area (Å²) in [5.74, 6) is -1.23. The van der Waals surface area contributed by atoms with E-state index in [1.165, 1.54) is 0 Å². The Labute approximate surface area is 118 Å². The number of hydrogen-bond donors (Lipinski definition) is 1. The molecule has 6 heteroatoms. The fourth-order valence-electron chi connectivity index (χ4n) is 3.87. The van der Waals surface area contributed by atoms with Crippen LogP contribution in [0.5, 0.6) is 0 Å². The van der Waals surface area contributed by atoms with Crippen molar-refractivity contribution in [2.45, 2.75) is 50.8 Å². The molecule has 0 aromatic heterocycles. The molecule has 0 bridgehead atoms. The summed E-state index contributed by atoms with van der Waals surface area (Å²) in [5, 5.41) is 9.17. The van der Waals surface area contributed by atoms with Crippen molar-refractivity contribution in [2.75, 3.05) is 19.7 Å². The second-order valence-corrected chi connectivity index (χ2v) is 6.05. The van der Waals surface area contributed by atoms with E-state index in [1.54, 1.807) is 4.90 Å². The van der Waals surface area contributed by atoms with Crippen molar-refractivity contribution in [2.24, 2.45) is 5.92 Å². The summed E-state index contributed by atoms with van der Waals surface area (Å²) in [5.41, 5.74) is 0. The normalized spacial score (nSPS) is 37.0. The van der Waals surface area contributed by atoms with E-state index < -0.39 is 11.9 Å². The van der Waals surface area contributed by atoms with Crippen molar-refractivity contribution in [1.29, 1.82) is 0 Å². The average molecular weight is 282 g/mol. The molecule has 6 nitrogen and oxygen atoms in total. The minimum absolute atomic E-state index is 0.00134. The zero-order valence-electron chi connectivity index (χ0n) is 11.8. The number of aliphatic carboxylic acids is 1. The minimum atomic E-state index is -0.798. The molecule has 3 rings (SSSR count). The average Bonchev–Trinajstić information content (AvgIpc) is 3.03. The topological polar surface area (TPSA) is 70.1 Å². The number of carbonyl (C=O) groups is 2. The molecule has 3 fully saturated rings. The molecule has 1 saturated carbocycles. The molecule has 1 N–H and O–H groups in total. The van der Waals surface area contributed by atoms with Gasteiger partial charge in [-0.15, -0.1) is 0 Å². The fourth-order valence-corrected chi connectivity index (χ4v) is 3.87. The summed E-state index contributed by atoms with van der Waals surface area (Å²) in [6.07, 6.45) is 3.87. The number of likely N-dealkylation sites (tertiary alicyclic amines) is 1. The van der Waals surface area contributed by atoms with Gasteiger partial charge in [0.2, 0.25) is 0 Å². The standard InChI is InChI=1S/C14H22N2O4/c1-9-10(13(17)18)5-6-15(9)14(19)16-7-8-20-12-4-2-3-11(12)16/h9-12H,2-8H2,1H3,(H,17,18). The molecule has 4 atom stereocenters. The molecule has 0 spiro atoms. The first-order chi connectivity index (χ1) is 9.59. The van der Waals surface area contributed by atoms with Crippen LogP contribution in [-0.2, 0) is 9.53 Å². The van der Waals surface area contributed by atoms with Gasteiger partial charge in [0.15, 0.2) is 0 Å². The quantitative estimate of drug-likeness (QED) is 0.783. The number of nitrogens with zero attached hydrogens (tertiary/aromatic N) is 2. The van der Waals surface area contributed by atoms with Crippen LogP contribution in [0, 0.1) is 5.92 Å². The molecule has 2 saturated heterocycles. The van der Waals surface area contributed by atoms with Crippen LogP contribution in [-0.4, -0.2) is 64.8 Å². The number of rotatable bonds is 1. The summed E-state index contributed by atoms with van der Waals surface area (Å²) < 4.78 is 5.72. The summed E-state index contributed by atoms with van der Waals surface area (Å²) >= 11 is 0. The van der Waals surface area contributed by atoms with Crippen LogP contribution in [0.2, 0.25) is 0 Å². The lowest BCUT2D eigenvalue weighted by Crippen LogP contribution is -2.56. The molecule has 2 heterocycles. The number of hydrogen-bond acceptors (Lipinski definition) is 3. The Kier molecular flexibility index (Phi) is 3.58. The molecule has 1 aliphatic carbocycles. The zero-order valence-corrected chi connectivity index (χ0v) is 11.8. The van der Waals surface area contributed by atoms with E-state index in [0.29, 0.717) is 26.1 Å². The second-order valence-electron chi connectivity index (χ2n) is 6.05. The molecule has 20 heavy (non-hydrogen) atoms. The Morgan fingerprint density at radius 2 is 1.95 bits per heavy atom. The highest BCUT2D eigenvalue weighted by Gasteiger charge is 2.44. The molecule has 0 aromatic rings.